The topological polar surface area (TPSA) is 67.9 Å². The molecule has 24 heavy (non-hydrogen) atoms. The minimum atomic E-state index is -3.42. The molecule has 0 radical (unpaired) electrons. The molecule has 0 amide bonds. The van der Waals surface area contributed by atoms with Gasteiger partial charge in [0.25, 0.3) is 10.2 Å². The molecule has 6 nitrogen and oxygen atoms in total. The van der Waals surface area contributed by atoms with Crippen LogP contribution >= 0.6 is 15.9 Å². The third kappa shape index (κ3) is 4.84. The number of methoxy groups -OCH3 is 2. The average Bonchev–Trinajstić information content (AvgIpc) is 2.55. The van der Waals surface area contributed by atoms with E-state index in [1.807, 2.05) is 12.1 Å². The summed E-state index contributed by atoms with van der Waals surface area (Å²) in [5, 5.41) is 0. The Morgan fingerprint density at radius 3 is 2.58 bits per heavy atom. The summed E-state index contributed by atoms with van der Waals surface area (Å²) in [6.45, 7) is 3.61. The average molecular weight is 421 g/mol. The summed E-state index contributed by atoms with van der Waals surface area (Å²) < 4.78 is 40.4. The van der Waals surface area contributed by atoms with E-state index in [0.717, 1.165) is 22.9 Å². The lowest BCUT2D eigenvalue weighted by Crippen LogP contribution is -2.46. The summed E-state index contributed by atoms with van der Waals surface area (Å²) >= 11 is 3.49. The van der Waals surface area contributed by atoms with Gasteiger partial charge in [0, 0.05) is 24.1 Å². The third-order valence-electron chi connectivity index (χ3n) is 4.19. The normalized spacial score (nSPS) is 19.2. The minimum Gasteiger partial charge on any atom is -0.493 e. The highest BCUT2D eigenvalue weighted by Gasteiger charge is 2.26. The van der Waals surface area contributed by atoms with Crippen molar-refractivity contribution >= 4 is 26.1 Å². The van der Waals surface area contributed by atoms with Crippen LogP contribution in [-0.2, 0) is 16.6 Å². The summed E-state index contributed by atoms with van der Waals surface area (Å²) in [6, 6.07) is 3.69. The first-order chi connectivity index (χ1) is 11.4. The van der Waals surface area contributed by atoms with Crippen LogP contribution in [-0.4, -0.2) is 46.6 Å². The number of benzene rings is 1. The molecule has 1 atom stereocenters. The van der Waals surface area contributed by atoms with Crippen molar-refractivity contribution in [2.75, 3.05) is 33.9 Å². The first-order valence-electron chi connectivity index (χ1n) is 8.02. The van der Waals surface area contributed by atoms with E-state index in [2.05, 4.69) is 27.6 Å². The maximum atomic E-state index is 12.4. The largest absolute Gasteiger partial charge is 0.493 e. The first-order valence-corrected chi connectivity index (χ1v) is 10.3. The second-order valence-electron chi connectivity index (χ2n) is 6.05. The zero-order chi connectivity index (χ0) is 17.7. The monoisotopic (exact) mass is 420 g/mol. The van der Waals surface area contributed by atoms with Crippen LogP contribution in [0.3, 0.4) is 0 Å². The third-order valence-corrected chi connectivity index (χ3v) is 6.51. The molecule has 1 aromatic carbocycles. The van der Waals surface area contributed by atoms with Gasteiger partial charge in [-0.15, -0.1) is 0 Å². The van der Waals surface area contributed by atoms with Crippen LogP contribution in [0.5, 0.6) is 11.5 Å². The van der Waals surface area contributed by atoms with Crippen LogP contribution < -0.4 is 14.2 Å². The van der Waals surface area contributed by atoms with Crippen LogP contribution in [0.25, 0.3) is 0 Å². The fourth-order valence-electron chi connectivity index (χ4n) is 2.86. The Morgan fingerprint density at radius 2 is 1.96 bits per heavy atom. The minimum absolute atomic E-state index is 0.335. The number of halogens is 1. The van der Waals surface area contributed by atoms with E-state index < -0.39 is 10.2 Å². The molecule has 1 aliphatic rings. The van der Waals surface area contributed by atoms with Crippen LogP contribution in [0.1, 0.15) is 25.3 Å². The highest BCUT2D eigenvalue weighted by atomic mass is 79.9. The molecule has 0 aromatic heterocycles. The molecule has 8 heteroatoms. The number of rotatable bonds is 7. The summed E-state index contributed by atoms with van der Waals surface area (Å²) in [7, 11) is -0.255. The van der Waals surface area contributed by atoms with E-state index in [1.165, 1.54) is 0 Å². The number of hydrogen-bond donors (Lipinski definition) is 1. The SMILES string of the molecule is COc1cc(Br)c(CCNS(=O)(=O)N2CCC[C@H](C)C2)cc1OC. The van der Waals surface area contributed by atoms with E-state index in [9.17, 15) is 8.42 Å². The Balaban J connectivity index is 1.98. The van der Waals surface area contributed by atoms with Gasteiger partial charge in [0.1, 0.15) is 0 Å². The fourth-order valence-corrected chi connectivity index (χ4v) is 4.74. The van der Waals surface area contributed by atoms with Gasteiger partial charge in [-0.1, -0.05) is 22.9 Å². The molecule has 1 aromatic rings. The van der Waals surface area contributed by atoms with Gasteiger partial charge in [0.15, 0.2) is 11.5 Å². The second kappa shape index (κ2) is 8.51. The van der Waals surface area contributed by atoms with Gasteiger partial charge in [-0.2, -0.15) is 12.7 Å². The van der Waals surface area contributed by atoms with Crippen molar-refractivity contribution in [3.8, 4) is 11.5 Å². The quantitative estimate of drug-likeness (QED) is 0.735. The second-order valence-corrected chi connectivity index (χ2v) is 8.66. The van der Waals surface area contributed by atoms with Crippen molar-refractivity contribution in [3.05, 3.63) is 22.2 Å². The summed E-state index contributed by atoms with van der Waals surface area (Å²) in [4.78, 5) is 0. The lowest BCUT2D eigenvalue weighted by Gasteiger charge is -2.30. The van der Waals surface area contributed by atoms with Gasteiger partial charge in [0.2, 0.25) is 0 Å². The molecule has 1 aliphatic heterocycles. The molecule has 1 heterocycles. The summed E-state index contributed by atoms with van der Waals surface area (Å²) in [6.07, 6.45) is 2.57. The Kier molecular flexibility index (Phi) is 6.91. The van der Waals surface area contributed by atoms with E-state index >= 15 is 0 Å². The molecule has 0 saturated carbocycles. The zero-order valence-corrected chi connectivity index (χ0v) is 16.7. The highest BCUT2D eigenvalue weighted by molar-refractivity contribution is 9.10. The molecule has 1 fully saturated rings. The van der Waals surface area contributed by atoms with E-state index in [0.29, 0.717) is 43.5 Å². The summed E-state index contributed by atoms with van der Waals surface area (Å²) in [5.41, 5.74) is 0.961. The van der Waals surface area contributed by atoms with Crippen LogP contribution in [0, 0.1) is 5.92 Å². The molecule has 136 valence electrons. The van der Waals surface area contributed by atoms with E-state index in [1.54, 1.807) is 18.5 Å². The number of ether oxygens (including phenoxy) is 2. The van der Waals surface area contributed by atoms with Crippen LogP contribution in [0.15, 0.2) is 16.6 Å². The fraction of sp³-hybridized carbons (Fsp3) is 0.625. The van der Waals surface area contributed by atoms with Gasteiger partial charge in [-0.05, 0) is 42.9 Å². The van der Waals surface area contributed by atoms with Crippen molar-refractivity contribution in [2.24, 2.45) is 5.92 Å². The molecular weight excluding hydrogens is 396 g/mol. The zero-order valence-electron chi connectivity index (χ0n) is 14.3. The smallest absolute Gasteiger partial charge is 0.279 e. The van der Waals surface area contributed by atoms with Crippen molar-refractivity contribution in [3.63, 3.8) is 0 Å². The van der Waals surface area contributed by atoms with Crippen molar-refractivity contribution in [2.45, 2.75) is 26.2 Å². The maximum Gasteiger partial charge on any atom is 0.279 e. The van der Waals surface area contributed by atoms with Gasteiger partial charge < -0.3 is 9.47 Å². The van der Waals surface area contributed by atoms with Gasteiger partial charge in [-0.3, -0.25) is 0 Å². The van der Waals surface area contributed by atoms with Crippen LogP contribution in [0.2, 0.25) is 0 Å². The van der Waals surface area contributed by atoms with E-state index in [4.69, 9.17) is 9.47 Å². The number of hydrogen-bond acceptors (Lipinski definition) is 4. The Morgan fingerprint density at radius 1 is 1.29 bits per heavy atom. The lowest BCUT2D eigenvalue weighted by atomic mass is 10.0. The van der Waals surface area contributed by atoms with Gasteiger partial charge in [-0.25, -0.2) is 4.72 Å². The molecule has 1 saturated heterocycles. The molecular formula is C16H25BrN2O4S. The Hall–Kier alpha value is -0.830. The predicted octanol–water partition coefficient (Wildman–Crippen LogP) is 2.58. The number of piperidine rings is 1. The molecule has 0 spiro atoms. The van der Waals surface area contributed by atoms with Gasteiger partial charge in [0.05, 0.1) is 14.2 Å². The predicted molar refractivity (Wildman–Crippen MR) is 97.8 cm³/mol. The molecule has 1 N–H and O–H groups in total. The molecule has 0 unspecified atom stereocenters. The van der Waals surface area contributed by atoms with Crippen molar-refractivity contribution in [1.82, 2.24) is 9.03 Å². The summed E-state index contributed by atoms with van der Waals surface area (Å²) in [5.74, 6) is 1.68. The Labute approximate surface area is 152 Å². The lowest BCUT2D eigenvalue weighted by molar-refractivity contribution is 0.278. The number of nitrogens with one attached hydrogen (secondary N) is 1. The number of nitrogens with zero attached hydrogens (tertiary/aromatic N) is 1. The van der Waals surface area contributed by atoms with Crippen LogP contribution in [0.4, 0.5) is 0 Å². The first kappa shape index (κ1) is 19.5. The van der Waals surface area contributed by atoms with Crippen molar-refractivity contribution < 1.29 is 17.9 Å². The molecule has 0 aliphatic carbocycles. The highest BCUT2D eigenvalue weighted by Crippen LogP contribution is 2.33. The van der Waals surface area contributed by atoms with Gasteiger partial charge >= 0.3 is 0 Å². The molecule has 0 bridgehead atoms. The van der Waals surface area contributed by atoms with E-state index in [-0.39, 0.29) is 0 Å². The molecule has 2 rings (SSSR count). The standard InChI is InChI=1S/C16H25BrN2O4S/c1-12-5-4-8-19(11-12)24(20,21)18-7-6-13-9-15(22-2)16(23-3)10-14(13)17/h9-10,12,18H,4-8,11H2,1-3H3/t12-/m0/s1. The maximum absolute atomic E-state index is 12.4. The van der Waals surface area contributed by atoms with Crippen molar-refractivity contribution in [1.29, 1.82) is 0 Å². The Bertz CT molecular complexity index is 666.